The van der Waals surface area contributed by atoms with Gasteiger partial charge in [-0.1, -0.05) is 24.3 Å². The molecule has 1 aromatic carbocycles. The molecule has 0 spiro atoms. The number of fused-ring (bicyclic) bond motifs is 1. The number of para-hydroxylation sites is 1. The fourth-order valence-corrected chi connectivity index (χ4v) is 1.62. The highest BCUT2D eigenvalue weighted by molar-refractivity contribution is 6.73. The summed E-state index contributed by atoms with van der Waals surface area (Å²) in [7, 11) is 1.44. The van der Waals surface area contributed by atoms with Crippen LogP contribution in [-0.2, 0) is 7.05 Å². The molecule has 0 radical (unpaired) electrons. The Morgan fingerprint density at radius 1 is 1.14 bits per heavy atom. The van der Waals surface area contributed by atoms with Gasteiger partial charge in [0.2, 0.25) is 0 Å². The number of aromatic nitrogens is 1. The average Bonchev–Trinajstić information content (AvgIpc) is 2.44. The summed E-state index contributed by atoms with van der Waals surface area (Å²) in [6, 6.07) is 8.02. The molecule has 2 aromatic rings. The van der Waals surface area contributed by atoms with Crippen molar-refractivity contribution in [2.75, 3.05) is 0 Å². The standard InChI is InChI=1S/C9H8BF3N/c1-14-8-5-3-2-4-7(8)6-9(14)10(11,12)13/h2-6H,1H3/q-1. The lowest BCUT2D eigenvalue weighted by atomic mass is 9.86. The molecule has 0 aliphatic rings. The Labute approximate surface area is 79.2 Å². The van der Waals surface area contributed by atoms with Crippen LogP contribution in [-0.4, -0.2) is 11.5 Å². The Kier molecular flexibility index (Phi) is 1.84. The second-order valence-electron chi connectivity index (χ2n) is 3.26. The van der Waals surface area contributed by atoms with Gasteiger partial charge in [0.1, 0.15) is 0 Å². The van der Waals surface area contributed by atoms with Crippen LogP contribution in [0.15, 0.2) is 30.3 Å². The van der Waals surface area contributed by atoms with Gasteiger partial charge in [0, 0.05) is 12.6 Å². The number of benzene rings is 1. The maximum Gasteiger partial charge on any atom is 0.525 e. The molecule has 74 valence electrons. The molecule has 0 aliphatic carbocycles. The van der Waals surface area contributed by atoms with E-state index in [2.05, 4.69) is 0 Å². The van der Waals surface area contributed by atoms with Gasteiger partial charge in [-0.2, -0.15) is 0 Å². The molecule has 1 heterocycles. The van der Waals surface area contributed by atoms with E-state index in [0.717, 1.165) is 0 Å². The maximum absolute atomic E-state index is 12.5. The molecular weight excluding hydrogens is 190 g/mol. The van der Waals surface area contributed by atoms with Gasteiger partial charge in [0.05, 0.1) is 0 Å². The lowest BCUT2D eigenvalue weighted by Crippen LogP contribution is -2.38. The zero-order valence-corrected chi connectivity index (χ0v) is 7.55. The smallest absolute Gasteiger partial charge is 0.444 e. The molecule has 0 unspecified atom stereocenters. The lowest BCUT2D eigenvalue weighted by molar-refractivity contribution is 0.496. The van der Waals surface area contributed by atoms with Gasteiger partial charge in [-0.15, -0.1) is 0 Å². The molecule has 0 fully saturated rings. The van der Waals surface area contributed by atoms with Crippen molar-refractivity contribution in [1.82, 2.24) is 4.57 Å². The normalized spacial score (nSPS) is 12.3. The molecule has 1 aromatic heterocycles. The first-order valence-corrected chi connectivity index (χ1v) is 4.24. The zero-order valence-electron chi connectivity index (χ0n) is 7.55. The summed E-state index contributed by atoms with van der Waals surface area (Å²) < 4.78 is 38.8. The van der Waals surface area contributed by atoms with Crippen molar-refractivity contribution in [3.8, 4) is 0 Å². The fourth-order valence-electron chi connectivity index (χ4n) is 1.62. The largest absolute Gasteiger partial charge is 0.525 e. The highest BCUT2D eigenvalue weighted by atomic mass is 19.4. The minimum Gasteiger partial charge on any atom is -0.444 e. The van der Waals surface area contributed by atoms with Crippen molar-refractivity contribution in [1.29, 1.82) is 0 Å². The molecule has 0 atom stereocenters. The van der Waals surface area contributed by atoms with E-state index in [1.807, 2.05) is 0 Å². The zero-order chi connectivity index (χ0) is 10.3. The third-order valence-corrected chi connectivity index (χ3v) is 2.32. The summed E-state index contributed by atoms with van der Waals surface area (Å²) in [4.78, 5) is 0. The van der Waals surface area contributed by atoms with Crippen LogP contribution in [0.5, 0.6) is 0 Å². The van der Waals surface area contributed by atoms with Crippen molar-refractivity contribution in [3.05, 3.63) is 30.3 Å². The summed E-state index contributed by atoms with van der Waals surface area (Å²) in [5, 5.41) is 0.629. The fraction of sp³-hybridized carbons (Fsp3) is 0.111. The molecule has 14 heavy (non-hydrogen) atoms. The summed E-state index contributed by atoms with van der Waals surface area (Å²) in [6.07, 6.45) is 0. The average molecular weight is 198 g/mol. The van der Waals surface area contributed by atoms with E-state index in [4.69, 9.17) is 0 Å². The monoisotopic (exact) mass is 198 g/mol. The first-order valence-electron chi connectivity index (χ1n) is 4.24. The molecule has 0 N–H and O–H groups in total. The molecule has 0 amide bonds. The van der Waals surface area contributed by atoms with E-state index < -0.39 is 12.6 Å². The predicted molar refractivity (Wildman–Crippen MR) is 51.6 cm³/mol. The van der Waals surface area contributed by atoms with Crippen LogP contribution in [0.2, 0.25) is 0 Å². The van der Waals surface area contributed by atoms with Crippen LogP contribution < -0.4 is 5.59 Å². The summed E-state index contributed by atoms with van der Waals surface area (Å²) in [6.45, 7) is -4.92. The number of rotatable bonds is 1. The Balaban J connectivity index is 2.75. The van der Waals surface area contributed by atoms with Gasteiger partial charge in [-0.3, -0.25) is 0 Å². The number of hydrogen-bond donors (Lipinski definition) is 0. The van der Waals surface area contributed by atoms with Crippen molar-refractivity contribution < 1.29 is 12.9 Å². The summed E-state index contributed by atoms with van der Waals surface area (Å²) >= 11 is 0. The van der Waals surface area contributed by atoms with Crippen LogP contribution in [0.3, 0.4) is 0 Å². The number of nitrogens with zero attached hydrogens (tertiary/aromatic N) is 1. The lowest BCUT2D eigenvalue weighted by Gasteiger charge is -2.15. The first-order chi connectivity index (χ1) is 6.50. The number of halogens is 3. The third-order valence-electron chi connectivity index (χ3n) is 2.32. The van der Waals surface area contributed by atoms with Crippen LogP contribution >= 0.6 is 0 Å². The van der Waals surface area contributed by atoms with Crippen LogP contribution in [0.25, 0.3) is 10.9 Å². The minimum atomic E-state index is -4.92. The second-order valence-corrected chi connectivity index (χ2v) is 3.26. The van der Waals surface area contributed by atoms with Crippen LogP contribution in [0.4, 0.5) is 12.9 Å². The van der Waals surface area contributed by atoms with Crippen molar-refractivity contribution >= 4 is 23.5 Å². The van der Waals surface area contributed by atoms with E-state index in [1.165, 1.54) is 17.7 Å². The van der Waals surface area contributed by atoms with Gasteiger partial charge in [0.15, 0.2) is 0 Å². The molecule has 5 heteroatoms. The van der Waals surface area contributed by atoms with Gasteiger partial charge in [-0.25, -0.2) is 0 Å². The van der Waals surface area contributed by atoms with Gasteiger partial charge in [-0.05, 0) is 17.0 Å². The molecule has 0 bridgehead atoms. The molecular formula is C9H8BF3N-. The SMILES string of the molecule is Cn1c([B-](F)(F)F)cc2ccccc21. The van der Waals surface area contributed by atoms with E-state index in [9.17, 15) is 12.9 Å². The maximum atomic E-state index is 12.5. The van der Waals surface area contributed by atoms with Crippen molar-refractivity contribution in [2.45, 2.75) is 0 Å². The molecule has 0 saturated heterocycles. The molecule has 1 nitrogen and oxygen atoms in total. The quantitative estimate of drug-likeness (QED) is 0.619. The predicted octanol–water partition coefficient (Wildman–Crippen LogP) is 2.23. The summed E-state index contributed by atoms with van der Waals surface area (Å²) in [5.41, 5.74) is 0.0629. The van der Waals surface area contributed by atoms with E-state index in [0.29, 0.717) is 10.9 Å². The topological polar surface area (TPSA) is 4.93 Å². The summed E-state index contributed by atoms with van der Waals surface area (Å²) in [5.74, 6) is 0. The highest BCUT2D eigenvalue weighted by Crippen LogP contribution is 2.17. The number of aryl methyl sites for hydroxylation is 1. The second kappa shape index (κ2) is 2.80. The third kappa shape index (κ3) is 1.29. The van der Waals surface area contributed by atoms with E-state index in [1.54, 1.807) is 24.3 Å². The van der Waals surface area contributed by atoms with Gasteiger partial charge < -0.3 is 17.5 Å². The first kappa shape index (κ1) is 9.18. The Morgan fingerprint density at radius 2 is 1.79 bits per heavy atom. The van der Waals surface area contributed by atoms with E-state index >= 15 is 0 Å². The van der Waals surface area contributed by atoms with Gasteiger partial charge >= 0.3 is 6.98 Å². The minimum absolute atomic E-state index is 0.550. The number of hydrogen-bond acceptors (Lipinski definition) is 0. The molecule has 0 saturated carbocycles. The molecule has 2 rings (SSSR count). The van der Waals surface area contributed by atoms with Crippen LogP contribution in [0, 0.1) is 0 Å². The molecule has 0 aliphatic heterocycles. The van der Waals surface area contributed by atoms with Crippen LogP contribution in [0.1, 0.15) is 0 Å². The Morgan fingerprint density at radius 3 is 2.36 bits per heavy atom. The van der Waals surface area contributed by atoms with Crippen molar-refractivity contribution in [2.24, 2.45) is 7.05 Å². The Hall–Kier alpha value is -1.39. The Bertz CT molecular complexity index is 472. The highest BCUT2D eigenvalue weighted by Gasteiger charge is 2.29. The van der Waals surface area contributed by atoms with Crippen molar-refractivity contribution in [3.63, 3.8) is 0 Å². The van der Waals surface area contributed by atoms with Gasteiger partial charge in [0.25, 0.3) is 0 Å². The van der Waals surface area contributed by atoms with E-state index in [-0.39, 0.29) is 0 Å².